The monoisotopic (exact) mass is 293 g/mol. The molecule has 0 aliphatic carbocycles. The highest BCUT2D eigenvalue weighted by atomic mass is 16.5. The van der Waals surface area contributed by atoms with E-state index < -0.39 is 0 Å². The summed E-state index contributed by atoms with van der Waals surface area (Å²) < 4.78 is 11.2. The number of hydrogen-bond acceptors (Lipinski definition) is 3. The van der Waals surface area contributed by atoms with Crippen molar-refractivity contribution in [1.29, 1.82) is 0 Å². The summed E-state index contributed by atoms with van der Waals surface area (Å²) in [5.41, 5.74) is 0.270. The van der Waals surface area contributed by atoms with Crippen molar-refractivity contribution in [3.8, 4) is 11.5 Å². The van der Waals surface area contributed by atoms with Crippen molar-refractivity contribution in [1.82, 2.24) is 5.32 Å². The molecule has 0 heterocycles. The lowest BCUT2D eigenvalue weighted by molar-refractivity contribution is 0.175. The van der Waals surface area contributed by atoms with Gasteiger partial charge in [0.1, 0.15) is 0 Å². The van der Waals surface area contributed by atoms with Crippen molar-refractivity contribution in [3.63, 3.8) is 0 Å². The molecule has 0 spiro atoms. The molecule has 0 fully saturated rings. The predicted molar refractivity (Wildman–Crippen MR) is 89.2 cm³/mol. The molecule has 1 atom stereocenters. The fraction of sp³-hybridized carbons (Fsp3) is 0.667. The summed E-state index contributed by atoms with van der Waals surface area (Å²) in [5.74, 6) is 2.20. The van der Waals surface area contributed by atoms with Crippen molar-refractivity contribution in [2.24, 2.45) is 11.3 Å². The van der Waals surface area contributed by atoms with Gasteiger partial charge in [0.25, 0.3) is 0 Å². The van der Waals surface area contributed by atoms with E-state index in [1.54, 1.807) is 7.11 Å². The summed E-state index contributed by atoms with van der Waals surface area (Å²) in [4.78, 5) is 0. The number of benzene rings is 1. The average Bonchev–Trinajstić information content (AvgIpc) is 2.41. The maximum Gasteiger partial charge on any atom is 0.161 e. The first kappa shape index (κ1) is 17.8. The van der Waals surface area contributed by atoms with Gasteiger partial charge in [-0.05, 0) is 36.4 Å². The third-order valence-electron chi connectivity index (χ3n) is 3.79. The molecule has 1 unspecified atom stereocenters. The van der Waals surface area contributed by atoms with Gasteiger partial charge in [0.15, 0.2) is 11.5 Å². The average molecular weight is 293 g/mol. The minimum Gasteiger partial charge on any atom is -0.493 e. The van der Waals surface area contributed by atoms with Gasteiger partial charge in [-0.15, -0.1) is 0 Å². The molecule has 3 nitrogen and oxygen atoms in total. The van der Waals surface area contributed by atoms with Gasteiger partial charge in [0.2, 0.25) is 0 Å². The first-order valence-corrected chi connectivity index (χ1v) is 7.83. The summed E-state index contributed by atoms with van der Waals surface area (Å²) in [6.07, 6.45) is 1.03. The number of para-hydroxylation sites is 2. The molecule has 1 rings (SSSR count). The molecule has 0 radical (unpaired) electrons. The van der Waals surface area contributed by atoms with E-state index in [1.807, 2.05) is 24.3 Å². The summed E-state index contributed by atoms with van der Waals surface area (Å²) >= 11 is 0. The fourth-order valence-corrected chi connectivity index (χ4v) is 2.27. The van der Waals surface area contributed by atoms with Gasteiger partial charge < -0.3 is 14.8 Å². The summed E-state index contributed by atoms with van der Waals surface area (Å²) in [7, 11) is 1.67. The third kappa shape index (κ3) is 6.38. The Morgan fingerprint density at radius 2 is 1.71 bits per heavy atom. The van der Waals surface area contributed by atoms with Crippen molar-refractivity contribution >= 4 is 0 Å². The van der Waals surface area contributed by atoms with E-state index >= 15 is 0 Å². The number of rotatable bonds is 8. The molecule has 1 aromatic rings. The highest BCUT2D eigenvalue weighted by Gasteiger charge is 2.24. The predicted octanol–water partition coefficient (Wildman–Crippen LogP) is 4.12. The van der Waals surface area contributed by atoms with Crippen LogP contribution >= 0.6 is 0 Å². The van der Waals surface area contributed by atoms with Gasteiger partial charge in [-0.2, -0.15) is 0 Å². The molecule has 0 aliphatic heterocycles. The Balaban J connectivity index is 2.53. The molecule has 0 aliphatic rings. The van der Waals surface area contributed by atoms with Crippen LogP contribution in [0.5, 0.6) is 11.5 Å². The van der Waals surface area contributed by atoms with Crippen molar-refractivity contribution in [3.05, 3.63) is 24.3 Å². The van der Waals surface area contributed by atoms with E-state index in [0.717, 1.165) is 24.5 Å². The Morgan fingerprint density at radius 3 is 2.24 bits per heavy atom. The van der Waals surface area contributed by atoms with Gasteiger partial charge in [0.05, 0.1) is 13.7 Å². The molecule has 0 saturated heterocycles. The van der Waals surface area contributed by atoms with E-state index in [0.29, 0.717) is 18.6 Å². The molecule has 1 aromatic carbocycles. The van der Waals surface area contributed by atoms with Crippen LogP contribution in [0.25, 0.3) is 0 Å². The maximum atomic E-state index is 5.91. The molecule has 0 amide bonds. The zero-order chi connectivity index (χ0) is 15.9. The maximum absolute atomic E-state index is 5.91. The first-order valence-electron chi connectivity index (χ1n) is 7.83. The van der Waals surface area contributed by atoms with E-state index in [2.05, 4.69) is 39.9 Å². The summed E-state index contributed by atoms with van der Waals surface area (Å²) in [6.45, 7) is 13.0. The van der Waals surface area contributed by atoms with Crippen molar-refractivity contribution in [2.75, 3.05) is 20.3 Å². The van der Waals surface area contributed by atoms with Gasteiger partial charge >= 0.3 is 0 Å². The minimum atomic E-state index is 0.270. The number of methoxy groups -OCH3 is 1. The second-order valence-corrected chi connectivity index (χ2v) is 6.91. The van der Waals surface area contributed by atoms with Gasteiger partial charge in [-0.3, -0.25) is 0 Å². The van der Waals surface area contributed by atoms with Crippen LogP contribution in [0.1, 0.15) is 41.0 Å². The first-order chi connectivity index (χ1) is 9.84. The molecule has 0 bridgehead atoms. The molecule has 21 heavy (non-hydrogen) atoms. The second-order valence-electron chi connectivity index (χ2n) is 6.91. The topological polar surface area (TPSA) is 30.5 Å². The normalized spacial score (nSPS) is 13.3. The van der Waals surface area contributed by atoms with Crippen LogP contribution in [0.3, 0.4) is 0 Å². The van der Waals surface area contributed by atoms with Crippen molar-refractivity contribution < 1.29 is 9.47 Å². The lowest BCUT2D eigenvalue weighted by Crippen LogP contribution is -2.36. The van der Waals surface area contributed by atoms with Crippen LogP contribution in [-0.4, -0.2) is 26.3 Å². The fourth-order valence-electron chi connectivity index (χ4n) is 2.27. The molecule has 120 valence electrons. The summed E-state index contributed by atoms with van der Waals surface area (Å²) in [5, 5.41) is 3.54. The molecule has 1 N–H and O–H groups in total. The smallest absolute Gasteiger partial charge is 0.161 e. The number of hydrogen-bond donors (Lipinski definition) is 1. The highest BCUT2D eigenvalue weighted by Crippen LogP contribution is 2.30. The Bertz CT molecular complexity index is 410. The zero-order valence-electron chi connectivity index (χ0n) is 14.4. The summed E-state index contributed by atoms with van der Waals surface area (Å²) in [6, 6.07) is 8.33. The largest absolute Gasteiger partial charge is 0.493 e. The van der Waals surface area contributed by atoms with Crippen LogP contribution in [0.15, 0.2) is 24.3 Å². The van der Waals surface area contributed by atoms with Gasteiger partial charge in [-0.25, -0.2) is 0 Å². The Labute approximate surface area is 130 Å². The molecule has 3 heteroatoms. The second kappa shape index (κ2) is 8.28. The van der Waals surface area contributed by atoms with E-state index in [4.69, 9.17) is 9.47 Å². The Morgan fingerprint density at radius 1 is 1.10 bits per heavy atom. The lowest BCUT2D eigenvalue weighted by atomic mass is 9.79. The Hall–Kier alpha value is -1.22. The van der Waals surface area contributed by atoms with Crippen LogP contribution in [-0.2, 0) is 0 Å². The number of ether oxygens (including phenoxy) is 2. The van der Waals surface area contributed by atoms with Gasteiger partial charge in [-0.1, -0.05) is 46.8 Å². The third-order valence-corrected chi connectivity index (χ3v) is 3.79. The molecular weight excluding hydrogens is 262 g/mol. The standard InChI is InChI=1S/C18H31NO2/c1-14(2)19-13-15(18(3,4)5)11-12-21-17-10-8-7-9-16(17)20-6/h7-10,14-15,19H,11-13H2,1-6H3. The van der Waals surface area contributed by atoms with E-state index in [1.165, 1.54) is 0 Å². The highest BCUT2D eigenvalue weighted by molar-refractivity contribution is 5.39. The van der Waals surface area contributed by atoms with Gasteiger partial charge in [0, 0.05) is 6.04 Å². The van der Waals surface area contributed by atoms with Crippen LogP contribution in [0.2, 0.25) is 0 Å². The SMILES string of the molecule is COc1ccccc1OCCC(CNC(C)C)C(C)(C)C. The molecular formula is C18H31NO2. The van der Waals surface area contributed by atoms with Crippen LogP contribution < -0.4 is 14.8 Å². The van der Waals surface area contributed by atoms with Crippen LogP contribution in [0, 0.1) is 11.3 Å². The lowest BCUT2D eigenvalue weighted by Gasteiger charge is -2.31. The Kier molecular flexibility index (Phi) is 7.03. The van der Waals surface area contributed by atoms with Crippen molar-refractivity contribution in [2.45, 2.75) is 47.1 Å². The quantitative estimate of drug-likeness (QED) is 0.782. The minimum absolute atomic E-state index is 0.270. The number of nitrogens with one attached hydrogen (secondary N) is 1. The molecule has 0 aromatic heterocycles. The van der Waals surface area contributed by atoms with E-state index in [9.17, 15) is 0 Å². The van der Waals surface area contributed by atoms with Crippen LogP contribution in [0.4, 0.5) is 0 Å². The zero-order valence-corrected chi connectivity index (χ0v) is 14.4. The molecule has 0 saturated carbocycles. The van der Waals surface area contributed by atoms with E-state index in [-0.39, 0.29) is 5.41 Å².